The van der Waals surface area contributed by atoms with Gasteiger partial charge in [-0.2, -0.15) is 0 Å². The van der Waals surface area contributed by atoms with E-state index in [0.29, 0.717) is 5.92 Å². The second kappa shape index (κ2) is 4.51. The van der Waals surface area contributed by atoms with E-state index in [-0.39, 0.29) is 30.2 Å². The molecule has 1 amide bonds. The van der Waals surface area contributed by atoms with Crippen molar-refractivity contribution in [1.82, 2.24) is 4.90 Å². The number of hydrogen-bond acceptors (Lipinski definition) is 3. The van der Waals surface area contributed by atoms with Crippen LogP contribution in [0.4, 0.5) is 4.79 Å². The molecule has 0 aliphatic carbocycles. The second-order valence-corrected chi connectivity index (χ2v) is 5.17. The monoisotopic (exact) mass is 236 g/mol. The summed E-state index contributed by atoms with van der Waals surface area (Å²) in [7, 11) is 0. The third-order valence-electron chi connectivity index (χ3n) is 3.62. The number of hydrogen-bond donors (Lipinski definition) is 0. The Morgan fingerprint density at radius 1 is 1.41 bits per heavy atom. The number of aliphatic imine (C=N–C) groups is 1. The first-order valence-corrected chi connectivity index (χ1v) is 6.21. The third-order valence-corrected chi connectivity index (χ3v) is 3.62. The number of nitrogens with zero attached hydrogens (tertiary/aromatic N) is 2. The maximum absolute atomic E-state index is 11.8. The van der Waals surface area contributed by atoms with Crippen molar-refractivity contribution in [1.29, 1.82) is 0 Å². The molecule has 94 valence electrons. The maximum atomic E-state index is 11.8. The molecule has 2 aliphatic rings. The largest absolute Gasteiger partial charge is 0.443 e. The summed E-state index contributed by atoms with van der Waals surface area (Å²) in [4.78, 5) is 17.8. The molecule has 0 saturated carbocycles. The van der Waals surface area contributed by atoms with Crippen LogP contribution < -0.4 is 0 Å². The summed E-state index contributed by atoms with van der Waals surface area (Å²) >= 11 is 0. The lowest BCUT2D eigenvalue weighted by Gasteiger charge is -2.29. The van der Waals surface area contributed by atoms with Gasteiger partial charge in [0.25, 0.3) is 0 Å². The molecular formula is C13H20N2O2. The van der Waals surface area contributed by atoms with E-state index in [4.69, 9.17) is 4.74 Å². The van der Waals surface area contributed by atoms with Crippen LogP contribution in [0.2, 0.25) is 0 Å². The van der Waals surface area contributed by atoms with E-state index in [2.05, 4.69) is 18.8 Å². The van der Waals surface area contributed by atoms with Crippen molar-refractivity contribution in [3.05, 3.63) is 12.3 Å². The summed E-state index contributed by atoms with van der Waals surface area (Å²) in [6, 6.07) is 0.296. The fourth-order valence-electron chi connectivity index (χ4n) is 2.70. The summed E-state index contributed by atoms with van der Waals surface area (Å²) in [6.07, 6.45) is 5.50. The van der Waals surface area contributed by atoms with Gasteiger partial charge in [-0.3, -0.25) is 9.89 Å². The lowest BCUT2D eigenvalue weighted by atomic mass is 9.85. The zero-order valence-corrected chi connectivity index (χ0v) is 10.8. The van der Waals surface area contributed by atoms with Crippen LogP contribution in [0.3, 0.4) is 0 Å². The lowest BCUT2D eigenvalue weighted by Crippen LogP contribution is -2.42. The van der Waals surface area contributed by atoms with Gasteiger partial charge in [-0.1, -0.05) is 13.0 Å². The molecule has 0 radical (unpaired) electrons. The molecule has 0 N–H and O–H groups in total. The highest BCUT2D eigenvalue weighted by Gasteiger charge is 2.44. The first-order chi connectivity index (χ1) is 8.02. The molecule has 1 saturated heterocycles. The van der Waals surface area contributed by atoms with Crippen molar-refractivity contribution in [3.8, 4) is 0 Å². The third kappa shape index (κ3) is 2.08. The number of carbonyl (C=O) groups excluding carboxylic acids is 1. The van der Waals surface area contributed by atoms with E-state index in [9.17, 15) is 4.79 Å². The van der Waals surface area contributed by atoms with E-state index < -0.39 is 0 Å². The van der Waals surface area contributed by atoms with Crippen LogP contribution in [0.1, 0.15) is 27.7 Å². The molecule has 0 aromatic carbocycles. The average molecular weight is 236 g/mol. The Hall–Kier alpha value is -1.32. The topological polar surface area (TPSA) is 41.9 Å². The van der Waals surface area contributed by atoms with Crippen LogP contribution >= 0.6 is 0 Å². The number of carbonyl (C=O) groups is 1. The average Bonchev–Trinajstić information content (AvgIpc) is 2.55. The zero-order chi connectivity index (χ0) is 12.6. The Kier molecular flexibility index (Phi) is 3.22. The highest BCUT2D eigenvalue weighted by Crippen LogP contribution is 2.32. The molecule has 0 spiro atoms. The first kappa shape index (κ1) is 12.1. The van der Waals surface area contributed by atoms with E-state index in [1.807, 2.05) is 31.0 Å². The zero-order valence-electron chi connectivity index (χ0n) is 10.8. The second-order valence-electron chi connectivity index (χ2n) is 5.17. The Labute approximate surface area is 102 Å². The van der Waals surface area contributed by atoms with Crippen molar-refractivity contribution < 1.29 is 9.53 Å². The number of cyclic esters (lactones) is 1. The lowest BCUT2D eigenvalue weighted by molar-refractivity contribution is 0.0991. The first-order valence-electron chi connectivity index (χ1n) is 6.21. The molecule has 17 heavy (non-hydrogen) atoms. The predicted octanol–water partition coefficient (Wildman–Crippen LogP) is 2.45. The Balaban J connectivity index is 2.16. The molecule has 0 aromatic rings. The van der Waals surface area contributed by atoms with Crippen LogP contribution in [0.25, 0.3) is 0 Å². The maximum Gasteiger partial charge on any atom is 0.410 e. The molecule has 2 aliphatic heterocycles. The molecule has 2 heterocycles. The van der Waals surface area contributed by atoms with Gasteiger partial charge in [0.05, 0.1) is 6.04 Å². The minimum Gasteiger partial charge on any atom is -0.443 e. The molecule has 4 atom stereocenters. The number of rotatable bonds is 2. The molecule has 2 unspecified atom stereocenters. The summed E-state index contributed by atoms with van der Waals surface area (Å²) in [6.45, 7) is 8.20. The summed E-state index contributed by atoms with van der Waals surface area (Å²) < 4.78 is 5.53. The van der Waals surface area contributed by atoms with Gasteiger partial charge >= 0.3 is 6.09 Å². The molecule has 0 bridgehead atoms. The fourth-order valence-corrected chi connectivity index (χ4v) is 2.70. The highest BCUT2D eigenvalue weighted by atomic mass is 16.6. The van der Waals surface area contributed by atoms with Gasteiger partial charge in [0.15, 0.2) is 0 Å². The van der Waals surface area contributed by atoms with Crippen molar-refractivity contribution in [2.75, 3.05) is 0 Å². The van der Waals surface area contributed by atoms with Crippen LogP contribution in [0.15, 0.2) is 17.3 Å². The minimum absolute atomic E-state index is 0.0668. The summed E-state index contributed by atoms with van der Waals surface area (Å²) in [5.74, 6) is 0.544. The van der Waals surface area contributed by atoms with Crippen molar-refractivity contribution in [2.45, 2.75) is 45.9 Å². The minimum atomic E-state index is -0.194. The van der Waals surface area contributed by atoms with Gasteiger partial charge in [-0.05, 0) is 20.8 Å². The van der Waals surface area contributed by atoms with Crippen molar-refractivity contribution >= 4 is 12.3 Å². The van der Waals surface area contributed by atoms with E-state index in [0.717, 1.165) is 0 Å². The number of ether oxygens (including phenoxy) is 1. The number of amides is 1. The van der Waals surface area contributed by atoms with Gasteiger partial charge in [0.1, 0.15) is 6.10 Å². The van der Waals surface area contributed by atoms with Crippen LogP contribution in [0.5, 0.6) is 0 Å². The standard InChI is InChI=1S/C13H20N2O2/c1-8(2)15-10(4)12(17-13(15)16)11-5-6-14-7-9(11)3/h5-12H,1-4H3/t9?,10-,11?,12-/m0/s1. The summed E-state index contributed by atoms with van der Waals surface area (Å²) in [5.41, 5.74) is 0. The highest BCUT2D eigenvalue weighted by molar-refractivity contribution is 5.71. The molecular weight excluding hydrogens is 216 g/mol. The summed E-state index contributed by atoms with van der Waals surface area (Å²) in [5, 5.41) is 0. The van der Waals surface area contributed by atoms with Gasteiger partial charge < -0.3 is 4.74 Å². The quantitative estimate of drug-likeness (QED) is 0.739. The van der Waals surface area contributed by atoms with Crippen LogP contribution in [0, 0.1) is 11.8 Å². The van der Waals surface area contributed by atoms with Crippen LogP contribution in [-0.2, 0) is 4.74 Å². The fraction of sp³-hybridized carbons (Fsp3) is 0.692. The van der Waals surface area contributed by atoms with E-state index in [1.54, 1.807) is 6.20 Å². The smallest absolute Gasteiger partial charge is 0.410 e. The van der Waals surface area contributed by atoms with Crippen molar-refractivity contribution in [3.63, 3.8) is 0 Å². The van der Waals surface area contributed by atoms with E-state index in [1.165, 1.54) is 0 Å². The molecule has 0 aromatic heterocycles. The van der Waals surface area contributed by atoms with Gasteiger partial charge in [0, 0.05) is 30.3 Å². The molecule has 1 fully saturated rings. The predicted molar refractivity (Wildman–Crippen MR) is 67.0 cm³/mol. The van der Waals surface area contributed by atoms with Gasteiger partial charge in [-0.15, -0.1) is 0 Å². The molecule has 4 nitrogen and oxygen atoms in total. The Morgan fingerprint density at radius 3 is 2.65 bits per heavy atom. The van der Waals surface area contributed by atoms with Gasteiger partial charge in [0.2, 0.25) is 0 Å². The van der Waals surface area contributed by atoms with Crippen LogP contribution in [-0.4, -0.2) is 35.4 Å². The van der Waals surface area contributed by atoms with Gasteiger partial charge in [-0.25, -0.2) is 4.79 Å². The van der Waals surface area contributed by atoms with Crippen molar-refractivity contribution in [2.24, 2.45) is 16.8 Å². The Morgan fingerprint density at radius 2 is 2.12 bits per heavy atom. The SMILES string of the molecule is CC1C=NC=CC1[C@H]1OC(=O)N(C(C)C)[C@H]1C. The Bertz CT molecular complexity index is 362. The molecule has 2 rings (SSSR count). The normalized spacial score (nSPS) is 36.8. The molecule has 4 heteroatoms. The van der Waals surface area contributed by atoms with E-state index >= 15 is 0 Å².